The largest absolute Gasteiger partial charge is 0.341 e. The number of rotatable bonds is 10. The van der Waals surface area contributed by atoms with Crippen molar-refractivity contribution in [3.05, 3.63) is 156 Å². The van der Waals surface area contributed by atoms with Gasteiger partial charge in [0, 0.05) is 50.2 Å². The lowest BCUT2D eigenvalue weighted by atomic mass is 10.0. The lowest BCUT2D eigenvalue weighted by Gasteiger charge is -2.14. The maximum Gasteiger partial charge on any atom is 0.272 e. The van der Waals surface area contributed by atoms with Gasteiger partial charge >= 0.3 is 0 Å². The number of benzene rings is 6. The summed E-state index contributed by atoms with van der Waals surface area (Å²) in [6, 6.07) is 44.2. The Morgan fingerprint density at radius 2 is 1.35 bits per heavy atom. The Morgan fingerprint density at radius 3 is 2.14 bits per heavy atom. The third-order valence-corrected chi connectivity index (χ3v) is 9.91. The van der Waals surface area contributed by atoms with Gasteiger partial charge in [-0.3, -0.25) is 14.4 Å². The van der Waals surface area contributed by atoms with Gasteiger partial charge in [0.25, 0.3) is 11.8 Å². The van der Waals surface area contributed by atoms with Gasteiger partial charge in [-0.05, 0) is 96.9 Å². The van der Waals surface area contributed by atoms with Crippen LogP contribution in [0.1, 0.15) is 29.8 Å². The van der Waals surface area contributed by atoms with Crippen LogP contribution in [0.2, 0.25) is 0 Å². The van der Waals surface area contributed by atoms with Crippen LogP contribution in [0, 0.1) is 0 Å². The smallest absolute Gasteiger partial charge is 0.272 e. The Kier molecular flexibility index (Phi) is 9.67. The molecule has 1 atom stereocenters. The monoisotopic (exact) mass is 688 g/mol. The highest BCUT2D eigenvalue weighted by molar-refractivity contribution is 8.00. The number of anilines is 2. The summed E-state index contributed by atoms with van der Waals surface area (Å²) in [5.41, 5.74) is 4.98. The molecule has 51 heavy (non-hydrogen) atoms. The third kappa shape index (κ3) is 7.27. The van der Waals surface area contributed by atoms with Crippen molar-refractivity contribution in [2.45, 2.75) is 30.5 Å². The molecule has 0 aliphatic rings. The zero-order valence-electron chi connectivity index (χ0n) is 28.2. The molecule has 7 rings (SSSR count). The number of nitrogens with zero attached hydrogens (tertiary/aromatic N) is 1. The van der Waals surface area contributed by atoms with Crippen LogP contribution in [0.25, 0.3) is 38.7 Å². The molecule has 1 aromatic heterocycles. The minimum atomic E-state index is -0.459. The molecule has 8 heteroatoms. The van der Waals surface area contributed by atoms with Gasteiger partial charge in [-0.15, -0.1) is 11.8 Å². The lowest BCUT2D eigenvalue weighted by molar-refractivity contribution is -0.115. The van der Waals surface area contributed by atoms with Crippen LogP contribution in [0.15, 0.2) is 150 Å². The summed E-state index contributed by atoms with van der Waals surface area (Å²) in [6.45, 7) is 4.87. The van der Waals surface area contributed by atoms with Crippen molar-refractivity contribution in [3.63, 3.8) is 0 Å². The molecule has 0 radical (unpaired) electrons. The fourth-order valence-corrected chi connectivity index (χ4v) is 7.13. The highest BCUT2D eigenvalue weighted by Crippen LogP contribution is 2.32. The predicted octanol–water partition coefficient (Wildman–Crippen LogP) is 9.50. The van der Waals surface area contributed by atoms with E-state index in [1.54, 1.807) is 42.5 Å². The number of nitrogens with one attached hydrogen (secondary N) is 3. The van der Waals surface area contributed by atoms with Crippen LogP contribution in [0.3, 0.4) is 0 Å². The van der Waals surface area contributed by atoms with E-state index in [2.05, 4.69) is 45.6 Å². The van der Waals surface area contributed by atoms with Crippen molar-refractivity contribution in [1.29, 1.82) is 0 Å². The second-order valence-electron chi connectivity index (χ2n) is 12.2. The van der Waals surface area contributed by atoms with E-state index in [1.165, 1.54) is 17.3 Å². The molecule has 0 aliphatic carbocycles. The highest BCUT2D eigenvalue weighted by Gasteiger charge is 2.18. The number of aromatic nitrogens is 1. The van der Waals surface area contributed by atoms with Crippen molar-refractivity contribution in [1.82, 2.24) is 9.88 Å². The average Bonchev–Trinajstić information content (AvgIpc) is 3.48. The van der Waals surface area contributed by atoms with Crippen molar-refractivity contribution < 1.29 is 14.4 Å². The van der Waals surface area contributed by atoms with E-state index in [4.69, 9.17) is 0 Å². The standard InChI is InChI=1S/C43H36N4O3S/c1-3-47-39-19-10-9-18-36(39)37-27-33(22-25-40(37)47)45-41(48)28(2)51-34-23-20-32(21-24-34)44-43(50)38(46-42(49)30-13-5-4-6-14-30)26-31-16-11-15-29-12-7-8-17-35(29)31/h4-28H,3H2,1-2H3,(H,44,50)(H,45,48)(H,46,49)/b38-26-. The van der Waals surface area contributed by atoms with E-state index in [1.807, 2.05) is 91.9 Å². The van der Waals surface area contributed by atoms with Gasteiger partial charge in [0.1, 0.15) is 5.70 Å². The van der Waals surface area contributed by atoms with E-state index in [9.17, 15) is 14.4 Å². The number of amides is 3. The number of para-hydroxylation sites is 1. The molecule has 7 nitrogen and oxygen atoms in total. The van der Waals surface area contributed by atoms with E-state index in [-0.39, 0.29) is 22.8 Å². The van der Waals surface area contributed by atoms with E-state index >= 15 is 0 Å². The Morgan fingerprint density at radius 1 is 0.686 bits per heavy atom. The first-order valence-electron chi connectivity index (χ1n) is 16.8. The van der Waals surface area contributed by atoms with E-state index in [0.717, 1.165) is 49.8 Å². The number of carbonyl (C=O) groups excluding carboxylic acids is 3. The number of fused-ring (bicyclic) bond motifs is 4. The summed E-state index contributed by atoms with van der Waals surface area (Å²) >= 11 is 1.43. The minimum Gasteiger partial charge on any atom is -0.341 e. The zero-order chi connectivity index (χ0) is 35.3. The molecular formula is C43H36N4O3S. The Labute approximate surface area is 300 Å². The van der Waals surface area contributed by atoms with Crippen molar-refractivity contribution in [3.8, 4) is 0 Å². The average molecular weight is 689 g/mol. The number of hydrogen-bond acceptors (Lipinski definition) is 4. The van der Waals surface area contributed by atoms with Crippen molar-refractivity contribution in [2.75, 3.05) is 10.6 Å². The third-order valence-electron chi connectivity index (χ3n) is 8.80. The van der Waals surface area contributed by atoms with Crippen LogP contribution in [0.4, 0.5) is 11.4 Å². The maximum absolute atomic E-state index is 13.7. The summed E-state index contributed by atoms with van der Waals surface area (Å²) < 4.78 is 2.28. The Balaban J connectivity index is 1.04. The molecule has 3 amide bonds. The summed E-state index contributed by atoms with van der Waals surface area (Å²) in [7, 11) is 0. The van der Waals surface area contributed by atoms with Crippen molar-refractivity contribution in [2.24, 2.45) is 0 Å². The van der Waals surface area contributed by atoms with Gasteiger partial charge in [-0.2, -0.15) is 0 Å². The van der Waals surface area contributed by atoms with Gasteiger partial charge in [-0.25, -0.2) is 0 Å². The molecule has 0 saturated carbocycles. The highest BCUT2D eigenvalue weighted by atomic mass is 32.2. The normalized spacial score (nSPS) is 12.2. The topological polar surface area (TPSA) is 92.2 Å². The maximum atomic E-state index is 13.7. The van der Waals surface area contributed by atoms with Crippen LogP contribution >= 0.6 is 11.8 Å². The van der Waals surface area contributed by atoms with E-state index in [0.29, 0.717) is 11.3 Å². The Hall–Kier alpha value is -6.12. The first kappa shape index (κ1) is 33.4. The molecule has 0 bridgehead atoms. The summed E-state index contributed by atoms with van der Waals surface area (Å²) in [5.74, 6) is -0.948. The quantitative estimate of drug-likeness (QED) is 0.0986. The zero-order valence-corrected chi connectivity index (χ0v) is 29.0. The van der Waals surface area contributed by atoms with Gasteiger partial charge in [0.15, 0.2) is 0 Å². The van der Waals surface area contributed by atoms with Crippen LogP contribution < -0.4 is 16.0 Å². The molecule has 252 valence electrons. The molecule has 1 unspecified atom stereocenters. The molecule has 0 saturated heterocycles. The van der Waals surface area contributed by atoms with Gasteiger partial charge < -0.3 is 20.5 Å². The molecule has 1 heterocycles. The number of aryl methyl sites for hydroxylation is 1. The van der Waals surface area contributed by atoms with Crippen LogP contribution in [0.5, 0.6) is 0 Å². The summed E-state index contributed by atoms with van der Waals surface area (Å²) in [4.78, 5) is 40.9. The predicted molar refractivity (Wildman–Crippen MR) is 210 cm³/mol. The van der Waals surface area contributed by atoms with Gasteiger partial charge in [0.05, 0.1) is 5.25 Å². The second kappa shape index (κ2) is 14.8. The molecule has 0 fully saturated rings. The lowest BCUT2D eigenvalue weighted by Crippen LogP contribution is -2.30. The molecule has 3 N–H and O–H groups in total. The van der Waals surface area contributed by atoms with Crippen molar-refractivity contribution >= 4 is 79.5 Å². The molecule has 6 aromatic carbocycles. The van der Waals surface area contributed by atoms with Gasteiger partial charge in [0.2, 0.25) is 5.91 Å². The Bertz CT molecular complexity index is 2430. The van der Waals surface area contributed by atoms with Crippen LogP contribution in [-0.4, -0.2) is 27.5 Å². The molecular weight excluding hydrogens is 653 g/mol. The first-order chi connectivity index (χ1) is 24.9. The number of hydrogen-bond donors (Lipinski definition) is 3. The summed E-state index contributed by atoms with van der Waals surface area (Å²) in [5, 5.41) is 12.7. The fraction of sp³-hybridized carbons (Fsp3) is 0.0930. The fourth-order valence-electron chi connectivity index (χ4n) is 6.26. The summed E-state index contributed by atoms with van der Waals surface area (Å²) in [6.07, 6.45) is 1.70. The van der Waals surface area contributed by atoms with Gasteiger partial charge in [-0.1, -0.05) is 78.9 Å². The SMILES string of the molecule is CCn1c2ccccc2c2cc(NC(=O)C(C)Sc3ccc(NC(=O)/C(=C/c4cccc5ccccc45)NC(=O)c4ccccc4)cc3)ccc21. The molecule has 0 aliphatic heterocycles. The van der Waals surface area contributed by atoms with E-state index < -0.39 is 5.91 Å². The number of carbonyl (C=O) groups is 3. The molecule has 7 aromatic rings. The number of thioether (sulfide) groups is 1. The molecule has 0 spiro atoms. The first-order valence-corrected chi connectivity index (χ1v) is 17.7. The second-order valence-corrected chi connectivity index (χ2v) is 13.6. The minimum absolute atomic E-state index is 0.103. The van der Waals surface area contributed by atoms with Crippen LogP contribution in [-0.2, 0) is 16.1 Å².